The number of para-hydroxylation sites is 2. The van der Waals surface area contributed by atoms with Crippen LogP contribution in [0.25, 0.3) is 22.4 Å². The summed E-state index contributed by atoms with van der Waals surface area (Å²) < 4.78 is 7.48. The van der Waals surface area contributed by atoms with Crippen LogP contribution in [0.5, 0.6) is 5.75 Å². The molecule has 1 N–H and O–H groups in total. The molecule has 0 aliphatic rings. The van der Waals surface area contributed by atoms with Gasteiger partial charge in [-0.3, -0.25) is 4.79 Å². The molecule has 1 aromatic heterocycles. The Morgan fingerprint density at radius 2 is 1.88 bits per heavy atom. The molecule has 0 saturated heterocycles. The van der Waals surface area contributed by atoms with E-state index >= 15 is 0 Å². The van der Waals surface area contributed by atoms with Gasteiger partial charge in [-0.2, -0.15) is 0 Å². The smallest absolute Gasteiger partial charge is 0.323 e. The van der Waals surface area contributed by atoms with E-state index in [9.17, 15) is 9.90 Å². The van der Waals surface area contributed by atoms with Crippen LogP contribution in [0.4, 0.5) is 0 Å². The summed E-state index contributed by atoms with van der Waals surface area (Å²) in [5.41, 5.74) is 2.46. The zero-order valence-corrected chi connectivity index (χ0v) is 15.1. The molecule has 0 aliphatic carbocycles. The van der Waals surface area contributed by atoms with E-state index < -0.39 is 5.97 Å². The summed E-state index contributed by atoms with van der Waals surface area (Å²) in [5, 5.41) is 9.25. The van der Waals surface area contributed by atoms with Crippen LogP contribution in [-0.4, -0.2) is 52.8 Å². The second-order valence-corrected chi connectivity index (χ2v) is 6.43. The number of carboxylic acids is 1. The summed E-state index contributed by atoms with van der Waals surface area (Å²) in [7, 11) is 4.08. The van der Waals surface area contributed by atoms with Crippen LogP contribution in [0.2, 0.25) is 0 Å². The molecule has 0 spiro atoms. The van der Waals surface area contributed by atoms with Crippen LogP contribution in [0, 0.1) is 0 Å². The highest BCUT2D eigenvalue weighted by atomic mass is 16.5. The van der Waals surface area contributed by atoms with Gasteiger partial charge in [0.25, 0.3) is 0 Å². The lowest BCUT2D eigenvalue weighted by molar-refractivity contribution is -0.137. The molecule has 1 heterocycles. The van der Waals surface area contributed by atoms with Gasteiger partial charge >= 0.3 is 5.97 Å². The SMILES string of the molecule is CN(C)CCCOc1ccc(-c2nc3ccccc3n2CC(=O)O)cc1. The number of aromatic nitrogens is 2. The molecule has 26 heavy (non-hydrogen) atoms. The molecule has 6 nitrogen and oxygen atoms in total. The molecule has 0 aliphatic heterocycles. The van der Waals surface area contributed by atoms with E-state index in [2.05, 4.69) is 9.88 Å². The molecular formula is C20H23N3O3. The average molecular weight is 353 g/mol. The summed E-state index contributed by atoms with van der Waals surface area (Å²) >= 11 is 0. The number of aliphatic carboxylic acids is 1. The van der Waals surface area contributed by atoms with Crippen LogP contribution in [0.3, 0.4) is 0 Å². The van der Waals surface area contributed by atoms with Crippen molar-refractivity contribution in [2.24, 2.45) is 0 Å². The molecule has 2 aromatic carbocycles. The first-order valence-electron chi connectivity index (χ1n) is 8.59. The van der Waals surface area contributed by atoms with E-state index in [4.69, 9.17) is 4.74 Å². The fourth-order valence-corrected chi connectivity index (χ4v) is 2.86. The molecule has 0 fully saturated rings. The summed E-state index contributed by atoms with van der Waals surface area (Å²) in [6.07, 6.45) is 0.961. The Bertz CT molecular complexity index is 885. The van der Waals surface area contributed by atoms with Gasteiger partial charge in [-0.05, 0) is 56.9 Å². The predicted molar refractivity (Wildman–Crippen MR) is 101 cm³/mol. The minimum absolute atomic E-state index is 0.126. The van der Waals surface area contributed by atoms with Crippen molar-refractivity contribution < 1.29 is 14.6 Å². The molecule has 0 bridgehead atoms. The van der Waals surface area contributed by atoms with Gasteiger partial charge in [-0.1, -0.05) is 12.1 Å². The number of carboxylic acid groups (broad SMARTS) is 1. The quantitative estimate of drug-likeness (QED) is 0.630. The number of benzene rings is 2. The Morgan fingerprint density at radius 3 is 2.58 bits per heavy atom. The predicted octanol–water partition coefficient (Wildman–Crippen LogP) is 3.12. The number of fused-ring (bicyclic) bond motifs is 1. The van der Waals surface area contributed by atoms with E-state index in [1.54, 1.807) is 4.57 Å². The van der Waals surface area contributed by atoms with E-state index in [1.807, 2.05) is 62.6 Å². The molecule has 6 heteroatoms. The van der Waals surface area contributed by atoms with Crippen LogP contribution < -0.4 is 4.74 Å². The first-order chi connectivity index (χ1) is 12.5. The Hall–Kier alpha value is -2.86. The van der Waals surface area contributed by atoms with Crippen molar-refractivity contribution in [3.8, 4) is 17.1 Å². The lowest BCUT2D eigenvalue weighted by Crippen LogP contribution is -2.15. The molecule has 0 amide bonds. The van der Waals surface area contributed by atoms with Crippen molar-refractivity contribution in [2.75, 3.05) is 27.2 Å². The number of carbonyl (C=O) groups is 1. The highest BCUT2D eigenvalue weighted by molar-refractivity contribution is 5.82. The van der Waals surface area contributed by atoms with Gasteiger partial charge in [-0.25, -0.2) is 4.98 Å². The third-order valence-corrected chi connectivity index (χ3v) is 4.08. The van der Waals surface area contributed by atoms with Gasteiger partial charge < -0.3 is 19.3 Å². The third kappa shape index (κ3) is 4.21. The Labute approximate surface area is 152 Å². The molecule has 3 rings (SSSR count). The lowest BCUT2D eigenvalue weighted by atomic mass is 10.2. The number of hydrogen-bond acceptors (Lipinski definition) is 4. The van der Waals surface area contributed by atoms with Crippen molar-refractivity contribution in [3.05, 3.63) is 48.5 Å². The summed E-state index contributed by atoms with van der Waals surface area (Å²) in [5.74, 6) is 0.552. The minimum Gasteiger partial charge on any atom is -0.494 e. The molecular weight excluding hydrogens is 330 g/mol. The van der Waals surface area contributed by atoms with Gasteiger partial charge in [0.2, 0.25) is 0 Å². The van der Waals surface area contributed by atoms with Gasteiger partial charge in [-0.15, -0.1) is 0 Å². The van der Waals surface area contributed by atoms with Gasteiger partial charge in [0.1, 0.15) is 18.1 Å². The number of ether oxygens (including phenoxy) is 1. The zero-order chi connectivity index (χ0) is 18.5. The van der Waals surface area contributed by atoms with Crippen molar-refractivity contribution in [2.45, 2.75) is 13.0 Å². The fraction of sp³-hybridized carbons (Fsp3) is 0.300. The van der Waals surface area contributed by atoms with E-state index in [0.717, 1.165) is 35.3 Å². The van der Waals surface area contributed by atoms with E-state index in [1.165, 1.54) is 0 Å². The maximum absolute atomic E-state index is 11.3. The maximum Gasteiger partial charge on any atom is 0.323 e. The fourth-order valence-electron chi connectivity index (χ4n) is 2.86. The van der Waals surface area contributed by atoms with Crippen LogP contribution in [-0.2, 0) is 11.3 Å². The van der Waals surface area contributed by atoms with Gasteiger partial charge in [0.15, 0.2) is 0 Å². The summed E-state index contributed by atoms with van der Waals surface area (Å²) in [4.78, 5) is 18.0. The first kappa shape index (κ1) is 17.9. The van der Waals surface area contributed by atoms with Crippen molar-refractivity contribution in [3.63, 3.8) is 0 Å². The highest BCUT2D eigenvalue weighted by Gasteiger charge is 2.14. The van der Waals surface area contributed by atoms with E-state index in [-0.39, 0.29) is 6.54 Å². The van der Waals surface area contributed by atoms with Crippen LogP contribution in [0.1, 0.15) is 6.42 Å². The molecule has 0 unspecified atom stereocenters. The minimum atomic E-state index is -0.893. The second kappa shape index (κ2) is 8.01. The monoisotopic (exact) mass is 353 g/mol. The number of nitrogens with zero attached hydrogens (tertiary/aromatic N) is 3. The highest BCUT2D eigenvalue weighted by Crippen LogP contribution is 2.26. The Kier molecular flexibility index (Phi) is 5.53. The third-order valence-electron chi connectivity index (χ3n) is 4.08. The number of imidazole rings is 1. The Balaban J connectivity index is 1.81. The number of hydrogen-bond donors (Lipinski definition) is 1. The average Bonchev–Trinajstić information content (AvgIpc) is 2.97. The molecule has 0 saturated carbocycles. The summed E-state index contributed by atoms with van der Waals surface area (Å²) in [6.45, 7) is 1.52. The van der Waals surface area contributed by atoms with E-state index in [0.29, 0.717) is 12.4 Å². The summed E-state index contributed by atoms with van der Waals surface area (Å²) in [6, 6.07) is 15.2. The molecule has 0 radical (unpaired) electrons. The van der Waals surface area contributed by atoms with Crippen molar-refractivity contribution in [1.82, 2.24) is 14.5 Å². The standard InChI is InChI=1S/C20H23N3O3/c1-22(2)12-5-13-26-16-10-8-15(9-11-16)20-21-17-6-3-4-7-18(17)23(20)14-19(24)25/h3-4,6-11H,5,12-14H2,1-2H3,(H,24,25). The maximum atomic E-state index is 11.3. The molecule has 3 aromatic rings. The Morgan fingerprint density at radius 1 is 1.15 bits per heavy atom. The van der Waals surface area contributed by atoms with Crippen molar-refractivity contribution in [1.29, 1.82) is 0 Å². The number of rotatable bonds is 8. The van der Waals surface area contributed by atoms with Crippen molar-refractivity contribution >= 4 is 17.0 Å². The first-order valence-corrected chi connectivity index (χ1v) is 8.59. The largest absolute Gasteiger partial charge is 0.494 e. The topological polar surface area (TPSA) is 67.6 Å². The lowest BCUT2D eigenvalue weighted by Gasteiger charge is -2.11. The molecule has 136 valence electrons. The van der Waals surface area contributed by atoms with Gasteiger partial charge in [0, 0.05) is 12.1 Å². The van der Waals surface area contributed by atoms with Crippen LogP contribution >= 0.6 is 0 Å². The molecule has 0 atom stereocenters. The van der Waals surface area contributed by atoms with Gasteiger partial charge in [0.05, 0.1) is 17.6 Å². The second-order valence-electron chi connectivity index (χ2n) is 6.43. The zero-order valence-electron chi connectivity index (χ0n) is 15.1. The van der Waals surface area contributed by atoms with Crippen LogP contribution in [0.15, 0.2) is 48.5 Å². The normalized spacial score (nSPS) is 11.2.